The van der Waals surface area contributed by atoms with Crippen LogP contribution in [-0.2, 0) is 6.42 Å². The number of rotatable bonds is 1. The van der Waals surface area contributed by atoms with Crippen molar-refractivity contribution in [1.82, 2.24) is 5.32 Å². The van der Waals surface area contributed by atoms with Crippen LogP contribution in [0.2, 0.25) is 8.67 Å². The number of hydrogen-bond donors (Lipinski definition) is 1. The molecule has 2 aromatic rings. The Balaban J connectivity index is 2.07. The van der Waals surface area contributed by atoms with Gasteiger partial charge in [0.2, 0.25) is 0 Å². The van der Waals surface area contributed by atoms with E-state index in [0.717, 1.165) is 28.6 Å². The van der Waals surface area contributed by atoms with Gasteiger partial charge in [0.15, 0.2) is 0 Å². The predicted octanol–water partition coefficient (Wildman–Crippen LogP) is 3.88. The lowest BCUT2D eigenvalue weighted by molar-refractivity contribution is 0.426. The summed E-state index contributed by atoms with van der Waals surface area (Å²) in [5, 5.41) is 3.40. The molecule has 1 unspecified atom stereocenters. The first-order valence-electron chi connectivity index (χ1n) is 5.00. The third-order valence-corrected chi connectivity index (χ3v) is 4.30. The second-order valence-corrected chi connectivity index (χ2v) is 6.01. The maximum absolute atomic E-state index is 6.16. The largest absolute Gasteiger partial charge is 0.467 e. The topological polar surface area (TPSA) is 25.2 Å². The fourth-order valence-corrected chi connectivity index (χ4v) is 3.58. The smallest absolute Gasteiger partial charge is 0.128 e. The van der Waals surface area contributed by atoms with Crippen molar-refractivity contribution in [3.8, 4) is 0 Å². The Morgan fingerprint density at radius 2 is 2.31 bits per heavy atom. The molecule has 2 nitrogen and oxygen atoms in total. The van der Waals surface area contributed by atoms with Gasteiger partial charge in [0, 0.05) is 12.1 Å². The van der Waals surface area contributed by atoms with Gasteiger partial charge in [0.05, 0.1) is 21.0 Å². The molecule has 0 fully saturated rings. The lowest BCUT2D eigenvalue weighted by Crippen LogP contribution is -2.29. The molecule has 0 amide bonds. The van der Waals surface area contributed by atoms with Crippen LogP contribution in [0.25, 0.3) is 0 Å². The summed E-state index contributed by atoms with van der Waals surface area (Å²) >= 11 is 13.5. The fraction of sp³-hybridized carbons (Fsp3) is 0.273. The summed E-state index contributed by atoms with van der Waals surface area (Å²) in [5.74, 6) is 0.961. The highest BCUT2D eigenvalue weighted by Crippen LogP contribution is 2.39. The normalized spacial score (nSPS) is 19.8. The zero-order valence-corrected chi connectivity index (χ0v) is 10.6. The average molecular weight is 274 g/mol. The molecule has 0 bridgehead atoms. The summed E-state index contributed by atoms with van der Waals surface area (Å²) in [6, 6.07) is 3.96. The van der Waals surface area contributed by atoms with Crippen molar-refractivity contribution in [3.05, 3.63) is 44.0 Å². The van der Waals surface area contributed by atoms with Gasteiger partial charge in [0.1, 0.15) is 5.76 Å². The molecule has 0 aromatic carbocycles. The van der Waals surface area contributed by atoms with Crippen LogP contribution in [0.5, 0.6) is 0 Å². The van der Waals surface area contributed by atoms with Crippen LogP contribution in [0.15, 0.2) is 22.8 Å². The van der Waals surface area contributed by atoms with Crippen LogP contribution in [0.3, 0.4) is 0 Å². The second-order valence-electron chi connectivity index (χ2n) is 3.73. The molecule has 0 saturated carbocycles. The maximum Gasteiger partial charge on any atom is 0.128 e. The molecule has 2 aromatic heterocycles. The second kappa shape index (κ2) is 4.08. The summed E-state index contributed by atoms with van der Waals surface area (Å²) in [7, 11) is 0. The molecule has 1 N–H and O–H groups in total. The summed E-state index contributed by atoms with van der Waals surface area (Å²) < 4.78 is 6.96. The molecule has 1 atom stereocenters. The Hall–Kier alpha value is -0.480. The summed E-state index contributed by atoms with van der Waals surface area (Å²) in [6.45, 7) is 0.932. The molecule has 0 saturated heterocycles. The van der Waals surface area contributed by atoms with Crippen LogP contribution >= 0.6 is 34.5 Å². The molecule has 3 rings (SSSR count). The molecule has 0 radical (unpaired) electrons. The van der Waals surface area contributed by atoms with Gasteiger partial charge in [-0.25, -0.2) is 0 Å². The van der Waals surface area contributed by atoms with Crippen molar-refractivity contribution in [2.75, 3.05) is 6.54 Å². The Morgan fingerprint density at radius 1 is 1.44 bits per heavy atom. The first-order chi connectivity index (χ1) is 7.75. The van der Waals surface area contributed by atoms with Gasteiger partial charge >= 0.3 is 0 Å². The van der Waals surface area contributed by atoms with Crippen molar-refractivity contribution < 1.29 is 4.42 Å². The molecule has 16 heavy (non-hydrogen) atoms. The first kappa shape index (κ1) is 10.7. The molecular weight excluding hydrogens is 265 g/mol. The maximum atomic E-state index is 6.16. The van der Waals surface area contributed by atoms with E-state index in [-0.39, 0.29) is 6.04 Å². The van der Waals surface area contributed by atoms with Gasteiger partial charge in [-0.3, -0.25) is 0 Å². The summed E-state index contributed by atoms with van der Waals surface area (Å²) in [6.07, 6.45) is 2.73. The van der Waals surface area contributed by atoms with E-state index in [4.69, 9.17) is 27.6 Å². The number of thiophene rings is 1. The predicted molar refractivity (Wildman–Crippen MR) is 66.6 cm³/mol. The number of nitrogens with one attached hydrogen (secondary N) is 1. The van der Waals surface area contributed by atoms with Crippen LogP contribution in [0.1, 0.15) is 22.9 Å². The van der Waals surface area contributed by atoms with Crippen molar-refractivity contribution in [1.29, 1.82) is 0 Å². The Bertz CT molecular complexity index is 520. The standard InChI is InChI=1S/C11H9Cl2NOS/c12-8-5-7(11(13)16-8)9-10-6(1-3-14-9)2-4-15-10/h2,4-5,9,14H,1,3H2. The molecule has 5 heteroatoms. The minimum Gasteiger partial charge on any atom is -0.467 e. The Morgan fingerprint density at radius 3 is 3.06 bits per heavy atom. The highest BCUT2D eigenvalue weighted by molar-refractivity contribution is 7.20. The summed E-state index contributed by atoms with van der Waals surface area (Å²) in [5.41, 5.74) is 2.26. The van der Waals surface area contributed by atoms with Crippen molar-refractivity contribution in [2.45, 2.75) is 12.5 Å². The third kappa shape index (κ3) is 1.68. The number of fused-ring (bicyclic) bond motifs is 1. The molecule has 0 aliphatic carbocycles. The minimum atomic E-state index is 0.0370. The number of halogens is 2. The number of hydrogen-bond acceptors (Lipinski definition) is 3. The summed E-state index contributed by atoms with van der Waals surface area (Å²) in [4.78, 5) is 0. The molecule has 84 valence electrons. The highest BCUT2D eigenvalue weighted by Gasteiger charge is 2.27. The van der Waals surface area contributed by atoms with Crippen molar-refractivity contribution >= 4 is 34.5 Å². The van der Waals surface area contributed by atoms with E-state index < -0.39 is 0 Å². The van der Waals surface area contributed by atoms with E-state index in [1.54, 1.807) is 6.26 Å². The zero-order valence-electron chi connectivity index (χ0n) is 8.30. The lowest BCUT2D eigenvalue weighted by Gasteiger charge is -2.22. The van der Waals surface area contributed by atoms with Crippen LogP contribution in [0.4, 0.5) is 0 Å². The molecule has 3 heterocycles. The van der Waals surface area contributed by atoms with E-state index in [2.05, 4.69) is 5.32 Å². The van der Waals surface area contributed by atoms with Crippen LogP contribution < -0.4 is 5.32 Å². The van der Waals surface area contributed by atoms with Gasteiger partial charge in [-0.05, 0) is 24.1 Å². The molecule has 1 aliphatic rings. The molecule has 0 spiro atoms. The monoisotopic (exact) mass is 273 g/mol. The van der Waals surface area contributed by atoms with E-state index in [1.165, 1.54) is 16.9 Å². The highest BCUT2D eigenvalue weighted by atomic mass is 35.5. The van der Waals surface area contributed by atoms with Crippen LogP contribution in [0, 0.1) is 0 Å². The number of furan rings is 1. The third-order valence-electron chi connectivity index (χ3n) is 2.78. The van der Waals surface area contributed by atoms with Crippen molar-refractivity contribution in [2.24, 2.45) is 0 Å². The van der Waals surface area contributed by atoms with E-state index in [9.17, 15) is 0 Å². The first-order valence-corrected chi connectivity index (χ1v) is 6.57. The van der Waals surface area contributed by atoms with E-state index in [1.807, 2.05) is 12.1 Å². The van der Waals surface area contributed by atoms with Gasteiger partial charge in [-0.1, -0.05) is 23.2 Å². The van der Waals surface area contributed by atoms with Gasteiger partial charge in [-0.2, -0.15) is 0 Å². The zero-order chi connectivity index (χ0) is 11.1. The Labute approximate surface area is 107 Å². The van der Waals surface area contributed by atoms with E-state index in [0.29, 0.717) is 4.34 Å². The Kier molecular flexibility index (Phi) is 2.72. The van der Waals surface area contributed by atoms with E-state index >= 15 is 0 Å². The SMILES string of the molecule is Clc1cc(C2NCCc3ccoc32)c(Cl)s1. The van der Waals surface area contributed by atoms with Crippen LogP contribution in [-0.4, -0.2) is 6.54 Å². The quantitative estimate of drug-likeness (QED) is 0.853. The lowest BCUT2D eigenvalue weighted by atomic mass is 9.99. The van der Waals surface area contributed by atoms with Gasteiger partial charge < -0.3 is 9.73 Å². The molecular formula is C11H9Cl2NOS. The fourth-order valence-electron chi connectivity index (χ4n) is 2.05. The van der Waals surface area contributed by atoms with Crippen molar-refractivity contribution in [3.63, 3.8) is 0 Å². The van der Waals surface area contributed by atoms with Gasteiger partial charge in [-0.15, -0.1) is 11.3 Å². The average Bonchev–Trinajstić information content (AvgIpc) is 2.84. The molecule has 1 aliphatic heterocycles. The minimum absolute atomic E-state index is 0.0370. The van der Waals surface area contributed by atoms with Gasteiger partial charge in [0.25, 0.3) is 0 Å².